The van der Waals surface area contributed by atoms with Crippen molar-refractivity contribution in [2.45, 2.75) is 0 Å². The van der Waals surface area contributed by atoms with E-state index in [-0.39, 0.29) is 29.6 Å². The van der Waals surface area contributed by atoms with Gasteiger partial charge >= 0.3 is 55.8 Å². The maximum atomic E-state index is 7.21. The van der Waals surface area contributed by atoms with Crippen LogP contribution in [0.3, 0.4) is 0 Å². The van der Waals surface area contributed by atoms with E-state index in [0.29, 0.717) is 0 Å². The summed E-state index contributed by atoms with van der Waals surface area (Å²) in [7, 11) is 0. The van der Waals surface area contributed by atoms with Crippen molar-refractivity contribution >= 4 is 29.6 Å². The number of hydrogen-bond acceptors (Lipinski definition) is 1. The van der Waals surface area contributed by atoms with E-state index in [1.807, 2.05) is 0 Å². The molecule has 0 fully saturated rings. The fourth-order valence-corrected chi connectivity index (χ4v) is 0. The van der Waals surface area contributed by atoms with Gasteiger partial charge in [0.05, 0.1) is 0 Å². The van der Waals surface area contributed by atoms with Crippen molar-refractivity contribution in [3.05, 3.63) is 0 Å². The molecule has 0 amide bonds. The second-order valence-electron chi connectivity index (χ2n) is 0.0791. The first-order valence-corrected chi connectivity index (χ1v) is 0.952. The summed E-state index contributed by atoms with van der Waals surface area (Å²) in [5.74, 6) is 0. The molecule has 3 heteroatoms. The zero-order chi connectivity index (χ0) is 2.71. The Morgan fingerprint density at radius 3 is 1.75 bits per heavy atom. The van der Waals surface area contributed by atoms with E-state index in [1.54, 1.807) is 0 Å². The first-order valence-electron chi connectivity index (χ1n) is 0.400. The third kappa shape index (κ3) is 11.9. The average molecular weight is 106 g/mol. The van der Waals surface area contributed by atoms with Crippen LogP contribution >= 0.6 is 0 Å². The van der Waals surface area contributed by atoms with Crippen molar-refractivity contribution in [2.75, 3.05) is 0 Å². The van der Waals surface area contributed by atoms with Gasteiger partial charge in [-0.1, -0.05) is 0 Å². The van der Waals surface area contributed by atoms with Gasteiger partial charge in [-0.25, -0.2) is 0 Å². The van der Waals surface area contributed by atoms with Gasteiger partial charge in [0.15, 0.2) is 0 Å². The van der Waals surface area contributed by atoms with Gasteiger partial charge in [-0.05, 0) is 0 Å². The molecule has 0 atom stereocenters. The van der Waals surface area contributed by atoms with Crippen LogP contribution in [0, 0.1) is 10.2 Å². The molecule has 4 heavy (non-hydrogen) atoms. The van der Waals surface area contributed by atoms with Gasteiger partial charge in [0.25, 0.3) is 0 Å². The minimum atomic E-state index is 0. The summed E-state index contributed by atoms with van der Waals surface area (Å²) in [6.07, 6.45) is 0. The molecule has 0 aliphatic carbocycles. The third-order valence-corrected chi connectivity index (χ3v) is 0. The van der Waals surface area contributed by atoms with E-state index < -0.39 is 0 Å². The van der Waals surface area contributed by atoms with E-state index >= 15 is 0 Å². The molecule has 0 saturated carbocycles. The molecule has 0 radical (unpaired) electrons. The van der Waals surface area contributed by atoms with Gasteiger partial charge in [-0.3, -0.25) is 0 Å². The maximum absolute atomic E-state index is 7.21. The predicted octanol–water partition coefficient (Wildman–Crippen LogP) is -0.634. The van der Waals surface area contributed by atoms with Crippen molar-refractivity contribution in [3.8, 4) is 4.97 Å². The van der Waals surface area contributed by atoms with Crippen molar-refractivity contribution in [1.29, 1.82) is 5.26 Å². The zero-order valence-electron chi connectivity index (χ0n) is 1.30. The van der Waals surface area contributed by atoms with Gasteiger partial charge in [0, 0.05) is 0 Å². The first-order chi connectivity index (χ1) is 1.41. The molecule has 0 aromatic heterocycles. The molecule has 0 aliphatic heterocycles. The van der Waals surface area contributed by atoms with E-state index in [0.717, 1.165) is 0 Å². The fourth-order valence-electron chi connectivity index (χ4n) is 0. The fraction of sp³-hybridized carbons (Fsp3) is 0. The van der Waals surface area contributed by atoms with E-state index in [9.17, 15) is 0 Å². The van der Waals surface area contributed by atoms with Crippen LogP contribution in [0.4, 0.5) is 0 Å². The van der Waals surface area contributed by atoms with Gasteiger partial charge in [-0.2, -0.15) is 0 Å². The quantitative estimate of drug-likeness (QED) is 0.377. The molecule has 0 rings (SSSR count). The van der Waals surface area contributed by atoms with Crippen LogP contribution in [0.15, 0.2) is 0 Å². The molecular weight excluding hydrogens is 105 g/mol. The normalized spacial score (nSPS) is 2.00. The van der Waals surface area contributed by atoms with Crippen LogP contribution in [-0.4, -0.2) is 29.6 Å². The SMILES string of the molecule is N#[C][Fe].[NaH]. The Morgan fingerprint density at radius 2 is 1.75 bits per heavy atom. The molecular formula is CHFeNNa. The van der Waals surface area contributed by atoms with Gasteiger partial charge in [-0.15, -0.1) is 0 Å². The third-order valence-electron chi connectivity index (χ3n) is 0. The molecule has 0 bridgehead atoms. The summed E-state index contributed by atoms with van der Waals surface area (Å²) in [5.41, 5.74) is 0. The monoisotopic (exact) mass is 106 g/mol. The van der Waals surface area contributed by atoms with Crippen LogP contribution in [-0.2, 0) is 16.0 Å². The van der Waals surface area contributed by atoms with Crippen LogP contribution in [0.2, 0.25) is 0 Å². The van der Waals surface area contributed by atoms with Crippen molar-refractivity contribution < 1.29 is 16.0 Å². The molecule has 0 aliphatic rings. The summed E-state index contributed by atoms with van der Waals surface area (Å²) >= 11 is 2.79. The van der Waals surface area contributed by atoms with Gasteiger partial charge in [0.2, 0.25) is 0 Å². The van der Waals surface area contributed by atoms with Crippen LogP contribution in [0.5, 0.6) is 0 Å². The number of nitriles is 1. The Bertz CT molecular complexity index is 29.5. The summed E-state index contributed by atoms with van der Waals surface area (Å²) in [4.78, 5) is 1.50. The van der Waals surface area contributed by atoms with Crippen LogP contribution < -0.4 is 0 Å². The Hall–Kier alpha value is 1.01. The van der Waals surface area contributed by atoms with E-state index in [4.69, 9.17) is 5.26 Å². The van der Waals surface area contributed by atoms with Crippen LogP contribution in [0.25, 0.3) is 0 Å². The second-order valence-corrected chi connectivity index (χ2v) is 0.326. The Balaban J connectivity index is 0. The van der Waals surface area contributed by atoms with Crippen molar-refractivity contribution in [1.82, 2.24) is 0 Å². The second kappa shape index (κ2) is 8.99. The summed E-state index contributed by atoms with van der Waals surface area (Å²) < 4.78 is 0. The summed E-state index contributed by atoms with van der Waals surface area (Å²) in [6, 6.07) is 0. The Kier molecular flexibility index (Phi) is 20.0. The topological polar surface area (TPSA) is 23.8 Å². The molecule has 0 N–H and O–H groups in total. The van der Waals surface area contributed by atoms with Crippen molar-refractivity contribution in [3.63, 3.8) is 0 Å². The average Bonchev–Trinajstić information content (AvgIpc) is 0.918. The molecule has 1 nitrogen and oxygen atoms in total. The first kappa shape index (κ1) is 8.89. The molecule has 0 aromatic carbocycles. The predicted molar refractivity (Wildman–Crippen MR) is 12.8 cm³/mol. The van der Waals surface area contributed by atoms with E-state index in [2.05, 4.69) is 16.0 Å². The van der Waals surface area contributed by atoms with Crippen LogP contribution in [0.1, 0.15) is 0 Å². The van der Waals surface area contributed by atoms with Gasteiger partial charge < -0.3 is 0 Å². The molecule has 0 aromatic rings. The number of nitrogens with zero attached hydrogens (tertiary/aromatic N) is 1. The number of hydrogen-bond donors (Lipinski definition) is 0. The van der Waals surface area contributed by atoms with Crippen molar-refractivity contribution in [2.24, 2.45) is 0 Å². The summed E-state index contributed by atoms with van der Waals surface area (Å²) in [5, 5.41) is 7.21. The molecule has 0 saturated heterocycles. The Labute approximate surface area is 55.5 Å². The van der Waals surface area contributed by atoms with E-state index in [1.165, 1.54) is 4.97 Å². The molecule has 0 heterocycles. The zero-order valence-corrected chi connectivity index (χ0v) is 2.40. The minimum absolute atomic E-state index is 0. The molecule has 0 unspecified atom stereocenters. The van der Waals surface area contributed by atoms with Gasteiger partial charge in [0.1, 0.15) is 0 Å². The molecule has 0 spiro atoms. The number of rotatable bonds is 0. The Morgan fingerprint density at radius 1 is 1.75 bits per heavy atom. The summed E-state index contributed by atoms with van der Waals surface area (Å²) in [6.45, 7) is 0. The molecule has 19 valence electrons. The standard InChI is InChI=1S/CN.Fe.Na.H/c1-2;;;.